The van der Waals surface area contributed by atoms with E-state index in [1.165, 1.54) is 7.11 Å². The molecule has 4 aromatic rings. The van der Waals surface area contributed by atoms with E-state index in [0.29, 0.717) is 39.6 Å². The zero-order valence-corrected chi connectivity index (χ0v) is 25.7. The second kappa shape index (κ2) is 12.4. The molecule has 0 atom stereocenters. The van der Waals surface area contributed by atoms with E-state index in [0.717, 1.165) is 23.2 Å². The molecule has 13 nitrogen and oxygen atoms in total. The number of nitrogens with one attached hydrogen (secondary N) is 2. The number of methoxy groups -OCH3 is 1. The van der Waals surface area contributed by atoms with Crippen molar-refractivity contribution in [3.8, 4) is 17.0 Å². The van der Waals surface area contributed by atoms with Crippen LogP contribution in [0.3, 0.4) is 0 Å². The molecule has 2 aromatic heterocycles. The first-order valence-corrected chi connectivity index (χ1v) is 16.5. The third kappa shape index (κ3) is 7.88. The third-order valence-electron chi connectivity index (χ3n) is 6.55. The van der Waals surface area contributed by atoms with Gasteiger partial charge in [-0.25, -0.2) is 18.4 Å². The van der Waals surface area contributed by atoms with Crippen LogP contribution in [0.1, 0.15) is 5.56 Å². The summed E-state index contributed by atoms with van der Waals surface area (Å²) in [5.41, 5.74) is 3.84. The number of carbonyl (C=O) groups excluding carboxylic acids is 1. The van der Waals surface area contributed by atoms with Gasteiger partial charge in [0.05, 0.1) is 35.6 Å². The van der Waals surface area contributed by atoms with Gasteiger partial charge in [-0.3, -0.25) is 9.35 Å². The molecular formula is C28H32N6O7S2. The Labute approximate surface area is 249 Å². The summed E-state index contributed by atoms with van der Waals surface area (Å²) in [4.78, 5) is 22.9. The Morgan fingerprint density at radius 2 is 1.91 bits per heavy atom. The Hall–Kier alpha value is -4.47. The molecule has 43 heavy (non-hydrogen) atoms. The molecule has 0 aliphatic heterocycles. The number of rotatable bonds is 12. The Bertz CT molecular complexity index is 1920. The normalized spacial score (nSPS) is 11.7. The molecule has 0 fully saturated rings. The van der Waals surface area contributed by atoms with Crippen molar-refractivity contribution in [3.05, 3.63) is 67.0 Å². The van der Waals surface area contributed by atoms with E-state index < -0.39 is 31.6 Å². The number of aromatic nitrogens is 3. The first kappa shape index (κ1) is 31.5. The average molecular weight is 629 g/mol. The minimum Gasteiger partial charge on any atom is -0.494 e. The minimum atomic E-state index is -4.21. The van der Waals surface area contributed by atoms with Crippen LogP contribution in [0, 0.1) is 0 Å². The first-order valence-electron chi connectivity index (χ1n) is 12.9. The van der Waals surface area contributed by atoms with Crippen molar-refractivity contribution < 1.29 is 30.9 Å². The summed E-state index contributed by atoms with van der Waals surface area (Å²) < 4.78 is 63.2. The number of amides is 1. The van der Waals surface area contributed by atoms with Crippen LogP contribution in [0.15, 0.2) is 61.4 Å². The summed E-state index contributed by atoms with van der Waals surface area (Å²) in [6.07, 6.45) is 5.69. The van der Waals surface area contributed by atoms with Gasteiger partial charge in [0.2, 0.25) is 11.9 Å². The topological polar surface area (TPSA) is 173 Å². The highest BCUT2D eigenvalue weighted by molar-refractivity contribution is 7.90. The quantitative estimate of drug-likeness (QED) is 0.155. The highest BCUT2D eigenvalue weighted by atomic mass is 32.2. The van der Waals surface area contributed by atoms with E-state index in [4.69, 9.17) is 4.74 Å². The highest BCUT2D eigenvalue weighted by Crippen LogP contribution is 2.38. The molecule has 3 N–H and O–H groups in total. The van der Waals surface area contributed by atoms with Gasteiger partial charge in [-0.15, -0.1) is 0 Å². The summed E-state index contributed by atoms with van der Waals surface area (Å²) in [6, 6.07) is 10.1. The van der Waals surface area contributed by atoms with E-state index in [1.54, 1.807) is 54.5 Å². The molecule has 0 radical (unpaired) electrons. The monoisotopic (exact) mass is 628 g/mol. The van der Waals surface area contributed by atoms with Crippen molar-refractivity contribution in [2.75, 3.05) is 48.2 Å². The SMILES string of the molecule is C=CC(=O)Nc1cc(Nc2nccc(-c3cn(C)c4ccc(CS(=O)(=O)O)cc34)n2)c(OC)cc1N(C)CCS(C)(=O)=O. The van der Waals surface area contributed by atoms with Crippen LogP contribution in [0.2, 0.25) is 0 Å². The lowest BCUT2D eigenvalue weighted by atomic mass is 10.1. The number of nitrogens with zero attached hydrogens (tertiary/aromatic N) is 4. The summed E-state index contributed by atoms with van der Waals surface area (Å²) >= 11 is 0. The van der Waals surface area contributed by atoms with Crippen LogP contribution in [0.4, 0.5) is 23.0 Å². The van der Waals surface area contributed by atoms with E-state index in [2.05, 4.69) is 27.2 Å². The van der Waals surface area contributed by atoms with Crippen molar-refractivity contribution in [2.24, 2.45) is 7.05 Å². The number of carbonyl (C=O) groups is 1. The van der Waals surface area contributed by atoms with Gasteiger partial charge in [0, 0.05) is 61.8 Å². The molecule has 4 rings (SSSR count). The van der Waals surface area contributed by atoms with E-state index in [-0.39, 0.29) is 18.2 Å². The molecule has 0 aliphatic carbocycles. The molecule has 0 bridgehead atoms. The van der Waals surface area contributed by atoms with Crippen molar-refractivity contribution in [2.45, 2.75) is 5.75 Å². The lowest BCUT2D eigenvalue weighted by Gasteiger charge is -2.24. The molecule has 2 aromatic carbocycles. The summed E-state index contributed by atoms with van der Waals surface area (Å²) in [5.74, 6) is -0.478. The fourth-order valence-corrected chi connectivity index (χ4v) is 5.70. The van der Waals surface area contributed by atoms with E-state index in [1.807, 2.05) is 17.8 Å². The average Bonchev–Trinajstić information content (AvgIpc) is 3.26. The maximum absolute atomic E-state index is 12.2. The van der Waals surface area contributed by atoms with E-state index >= 15 is 0 Å². The molecular weight excluding hydrogens is 596 g/mol. The highest BCUT2D eigenvalue weighted by Gasteiger charge is 2.18. The molecule has 2 heterocycles. The predicted octanol–water partition coefficient (Wildman–Crippen LogP) is 3.38. The van der Waals surface area contributed by atoms with Crippen LogP contribution in [-0.2, 0) is 37.6 Å². The number of sulfone groups is 1. The maximum Gasteiger partial charge on any atom is 0.269 e. The maximum atomic E-state index is 12.2. The van der Waals surface area contributed by atoms with Crippen LogP contribution >= 0.6 is 0 Å². The lowest BCUT2D eigenvalue weighted by molar-refractivity contribution is -0.111. The van der Waals surface area contributed by atoms with Gasteiger partial charge in [0.25, 0.3) is 10.1 Å². The van der Waals surface area contributed by atoms with Crippen molar-refractivity contribution in [3.63, 3.8) is 0 Å². The van der Waals surface area contributed by atoms with Crippen LogP contribution in [0.25, 0.3) is 22.2 Å². The second-order valence-corrected chi connectivity index (χ2v) is 13.6. The third-order valence-corrected chi connectivity index (χ3v) is 8.17. The molecule has 0 aliphatic rings. The molecule has 1 amide bonds. The minimum absolute atomic E-state index is 0.0905. The van der Waals surface area contributed by atoms with Crippen LogP contribution in [-0.4, -0.2) is 74.5 Å². The van der Waals surface area contributed by atoms with Crippen molar-refractivity contribution in [1.29, 1.82) is 0 Å². The largest absolute Gasteiger partial charge is 0.494 e. The molecule has 0 unspecified atom stereocenters. The number of hydrogen-bond acceptors (Lipinski definition) is 10. The molecule has 0 saturated carbocycles. The predicted molar refractivity (Wildman–Crippen MR) is 167 cm³/mol. The summed E-state index contributed by atoms with van der Waals surface area (Å²) in [7, 11) is -2.41. The van der Waals surface area contributed by atoms with E-state index in [9.17, 15) is 26.2 Å². The number of ether oxygens (including phenoxy) is 1. The van der Waals surface area contributed by atoms with Gasteiger partial charge in [-0.2, -0.15) is 8.42 Å². The van der Waals surface area contributed by atoms with Crippen LogP contribution in [0.5, 0.6) is 5.75 Å². The fraction of sp³-hybridized carbons (Fsp3) is 0.250. The van der Waals surface area contributed by atoms with Crippen molar-refractivity contribution >= 4 is 59.8 Å². The molecule has 15 heteroatoms. The standard InChI is InChI=1S/C28H32N6O7S2/c1-6-27(35)30-22-14-23(26(41-4)15-25(22)33(2)11-12-42(5,36)37)32-28-29-10-9-21(31-28)20-16-34(3)24-8-7-18(13-19(20)24)17-43(38,39)40/h6-10,13-16H,1,11-12,17H2,2-5H3,(H,30,35)(H,29,31,32)(H,38,39,40). The number of aryl methyl sites for hydroxylation is 1. The Morgan fingerprint density at radius 1 is 1.16 bits per heavy atom. The van der Waals surface area contributed by atoms with Crippen molar-refractivity contribution in [1.82, 2.24) is 14.5 Å². The smallest absolute Gasteiger partial charge is 0.269 e. The van der Waals surface area contributed by atoms with Gasteiger partial charge < -0.3 is 24.8 Å². The number of anilines is 4. The lowest BCUT2D eigenvalue weighted by Crippen LogP contribution is -2.26. The molecule has 228 valence electrons. The Kier molecular flexibility index (Phi) is 9.08. The van der Waals surface area contributed by atoms with Gasteiger partial charge in [-0.1, -0.05) is 12.6 Å². The fourth-order valence-electron chi connectivity index (χ4n) is 4.49. The number of fused-ring (bicyclic) bond motifs is 1. The zero-order valence-electron chi connectivity index (χ0n) is 24.0. The number of benzene rings is 2. The Balaban J connectivity index is 1.73. The van der Waals surface area contributed by atoms with Gasteiger partial charge in [0.1, 0.15) is 21.3 Å². The summed E-state index contributed by atoms with van der Waals surface area (Å²) in [6.45, 7) is 3.67. The molecule has 0 spiro atoms. The van der Waals surface area contributed by atoms with Gasteiger partial charge in [-0.05, 0) is 35.9 Å². The first-order chi connectivity index (χ1) is 20.2. The molecule has 0 saturated heterocycles. The van der Waals surface area contributed by atoms with Gasteiger partial charge in [0.15, 0.2) is 0 Å². The zero-order chi connectivity index (χ0) is 31.5. The van der Waals surface area contributed by atoms with Gasteiger partial charge >= 0.3 is 0 Å². The Morgan fingerprint density at radius 3 is 2.56 bits per heavy atom. The van der Waals surface area contributed by atoms with Crippen LogP contribution < -0.4 is 20.3 Å². The number of hydrogen-bond donors (Lipinski definition) is 3. The second-order valence-electron chi connectivity index (χ2n) is 9.94. The summed E-state index contributed by atoms with van der Waals surface area (Å²) in [5, 5.41) is 6.61.